The zero-order valence-electron chi connectivity index (χ0n) is 11.3. The molecule has 0 aromatic heterocycles. The topological polar surface area (TPSA) is 55.4 Å². The third-order valence-electron chi connectivity index (χ3n) is 2.27. The van der Waals surface area contributed by atoms with Gasteiger partial charge in [-0.1, -0.05) is 30.3 Å². The Bertz CT molecular complexity index is 440. The highest BCUT2D eigenvalue weighted by Crippen LogP contribution is 2.09. The van der Waals surface area contributed by atoms with E-state index < -0.39 is 22.9 Å². The molecule has 1 atom stereocenters. The Labute approximate surface area is 118 Å². The summed E-state index contributed by atoms with van der Waals surface area (Å²) in [7, 11) is 0. The molecule has 0 unspecified atom stereocenters. The lowest BCUT2D eigenvalue weighted by Crippen LogP contribution is -2.43. The first-order chi connectivity index (χ1) is 8.78. The third-order valence-corrected chi connectivity index (χ3v) is 2.58. The molecule has 0 aliphatic heterocycles. The van der Waals surface area contributed by atoms with Crippen LogP contribution in [0.4, 0.5) is 4.79 Å². The summed E-state index contributed by atoms with van der Waals surface area (Å²) in [5.74, 6) is 0. The van der Waals surface area contributed by atoms with Crippen LogP contribution in [0.25, 0.3) is 0 Å². The van der Waals surface area contributed by atoms with Crippen LogP contribution in [0.3, 0.4) is 0 Å². The van der Waals surface area contributed by atoms with Gasteiger partial charge in [0.2, 0.25) is 5.12 Å². The van der Waals surface area contributed by atoms with Crippen molar-refractivity contribution in [2.75, 3.05) is 0 Å². The summed E-state index contributed by atoms with van der Waals surface area (Å²) in [6.07, 6.45) is -0.224. The number of benzene rings is 1. The Hall–Kier alpha value is -1.49. The molecule has 0 aliphatic rings. The lowest BCUT2D eigenvalue weighted by atomic mass is 10.1. The number of hydrogen-bond donors (Lipinski definition) is 2. The maximum absolute atomic E-state index is 11.6. The van der Waals surface area contributed by atoms with Crippen molar-refractivity contribution in [3.05, 3.63) is 35.9 Å². The van der Waals surface area contributed by atoms with Crippen LogP contribution in [0.5, 0.6) is 0 Å². The summed E-state index contributed by atoms with van der Waals surface area (Å²) in [6.45, 7) is 5.30. The fourth-order valence-electron chi connectivity index (χ4n) is 1.50. The van der Waals surface area contributed by atoms with E-state index in [-0.39, 0.29) is 0 Å². The molecule has 1 amide bonds. The Balaban J connectivity index is 2.64. The zero-order chi connectivity index (χ0) is 14.5. The molecule has 1 aromatic carbocycles. The molecule has 0 radical (unpaired) electrons. The predicted molar refractivity (Wildman–Crippen MR) is 77.3 cm³/mol. The van der Waals surface area contributed by atoms with Crippen LogP contribution in [0, 0.1) is 0 Å². The molecule has 0 saturated heterocycles. The van der Waals surface area contributed by atoms with E-state index >= 15 is 0 Å². The summed E-state index contributed by atoms with van der Waals surface area (Å²) in [5, 5.41) is 2.14. The van der Waals surface area contributed by atoms with Crippen molar-refractivity contribution in [2.45, 2.75) is 38.8 Å². The zero-order valence-corrected chi connectivity index (χ0v) is 12.2. The fraction of sp³-hybridized carbons (Fsp3) is 0.429. The van der Waals surface area contributed by atoms with E-state index in [4.69, 9.17) is 4.74 Å². The second kappa shape index (κ2) is 6.61. The van der Waals surface area contributed by atoms with Gasteiger partial charge in [0.05, 0.1) is 0 Å². The Morgan fingerprint density at radius 3 is 2.32 bits per heavy atom. The lowest BCUT2D eigenvalue weighted by molar-refractivity contribution is -0.112. The van der Waals surface area contributed by atoms with Gasteiger partial charge in [-0.15, -0.1) is 12.6 Å². The highest BCUT2D eigenvalue weighted by molar-refractivity contribution is 7.96. The van der Waals surface area contributed by atoms with E-state index in [1.165, 1.54) is 0 Å². The molecule has 0 bridgehead atoms. The van der Waals surface area contributed by atoms with E-state index in [9.17, 15) is 9.59 Å². The Kier molecular flexibility index (Phi) is 5.42. The first kappa shape index (κ1) is 15.6. The highest BCUT2D eigenvalue weighted by Gasteiger charge is 2.22. The molecule has 0 aliphatic carbocycles. The SMILES string of the molecule is CC(C)(C)OC(=O)N[C@H](Cc1ccccc1)C(=O)S. The summed E-state index contributed by atoms with van der Waals surface area (Å²) in [4.78, 5) is 23.1. The smallest absolute Gasteiger partial charge is 0.408 e. The second-order valence-corrected chi connectivity index (χ2v) is 5.67. The number of nitrogens with one attached hydrogen (secondary N) is 1. The minimum absolute atomic E-state index is 0.391. The fourth-order valence-corrected chi connectivity index (χ4v) is 1.66. The number of ether oxygens (including phenoxy) is 1. The van der Waals surface area contributed by atoms with Gasteiger partial charge in [0, 0.05) is 6.42 Å². The normalized spacial score (nSPS) is 12.6. The average molecular weight is 281 g/mol. The van der Waals surface area contributed by atoms with Gasteiger partial charge in [-0.05, 0) is 26.3 Å². The molecule has 0 saturated carbocycles. The maximum Gasteiger partial charge on any atom is 0.408 e. The molecule has 4 nitrogen and oxygen atoms in total. The molecule has 1 N–H and O–H groups in total. The van der Waals surface area contributed by atoms with Crippen molar-refractivity contribution < 1.29 is 14.3 Å². The van der Waals surface area contributed by atoms with Crippen LogP contribution >= 0.6 is 12.6 Å². The van der Waals surface area contributed by atoms with Gasteiger partial charge in [0.25, 0.3) is 0 Å². The van der Waals surface area contributed by atoms with Crippen molar-refractivity contribution >= 4 is 23.8 Å². The van der Waals surface area contributed by atoms with Crippen molar-refractivity contribution in [2.24, 2.45) is 0 Å². The van der Waals surface area contributed by atoms with E-state index in [1.807, 2.05) is 30.3 Å². The quantitative estimate of drug-likeness (QED) is 0.834. The molecular formula is C14H19NO3S. The number of hydrogen-bond acceptors (Lipinski definition) is 3. The average Bonchev–Trinajstić information content (AvgIpc) is 2.26. The number of carbonyl (C=O) groups excluding carboxylic acids is 2. The largest absolute Gasteiger partial charge is 0.444 e. The van der Waals surface area contributed by atoms with E-state index in [0.29, 0.717) is 6.42 Å². The van der Waals surface area contributed by atoms with Crippen molar-refractivity contribution in [3.63, 3.8) is 0 Å². The molecule has 104 valence electrons. The molecule has 0 fully saturated rings. The van der Waals surface area contributed by atoms with Crippen LogP contribution < -0.4 is 5.32 Å². The lowest BCUT2D eigenvalue weighted by Gasteiger charge is -2.22. The number of alkyl carbamates (subject to hydrolysis) is 1. The monoisotopic (exact) mass is 281 g/mol. The van der Waals surface area contributed by atoms with Crippen molar-refractivity contribution in [1.82, 2.24) is 5.32 Å². The molecular weight excluding hydrogens is 262 g/mol. The second-order valence-electron chi connectivity index (χ2n) is 5.23. The summed E-state index contributed by atoms with van der Waals surface area (Å²) >= 11 is 3.80. The van der Waals surface area contributed by atoms with Crippen molar-refractivity contribution in [3.8, 4) is 0 Å². The Morgan fingerprint density at radius 2 is 1.84 bits per heavy atom. The van der Waals surface area contributed by atoms with E-state index in [1.54, 1.807) is 20.8 Å². The summed E-state index contributed by atoms with van der Waals surface area (Å²) in [6, 6.07) is 8.73. The highest BCUT2D eigenvalue weighted by atomic mass is 32.1. The maximum atomic E-state index is 11.6. The van der Waals surface area contributed by atoms with Gasteiger partial charge in [0.15, 0.2) is 0 Å². The molecule has 5 heteroatoms. The standard InChI is InChI=1S/C14H19NO3S/c1-14(2,3)18-13(17)15-11(12(16)19)9-10-7-5-4-6-8-10/h4-8,11H,9H2,1-3H3,(H,15,17)(H,16,19)/t11-/m1/s1. The van der Waals surface area contributed by atoms with Crippen LogP contribution in [-0.4, -0.2) is 22.9 Å². The number of thiol groups is 1. The summed E-state index contributed by atoms with van der Waals surface area (Å²) < 4.78 is 5.12. The first-order valence-corrected chi connectivity index (χ1v) is 6.49. The van der Waals surface area contributed by atoms with Gasteiger partial charge in [-0.2, -0.15) is 0 Å². The molecule has 1 aromatic rings. The molecule has 0 heterocycles. The summed E-state index contributed by atoms with van der Waals surface area (Å²) in [5.41, 5.74) is 0.354. The van der Waals surface area contributed by atoms with Crippen LogP contribution in [0.1, 0.15) is 26.3 Å². The van der Waals surface area contributed by atoms with E-state index in [2.05, 4.69) is 17.9 Å². The van der Waals surface area contributed by atoms with Crippen LogP contribution in [0.2, 0.25) is 0 Å². The molecule has 0 spiro atoms. The van der Waals surface area contributed by atoms with Crippen LogP contribution in [-0.2, 0) is 16.0 Å². The number of amides is 1. The van der Waals surface area contributed by atoms with Gasteiger partial charge in [0.1, 0.15) is 11.6 Å². The Morgan fingerprint density at radius 1 is 1.26 bits per heavy atom. The number of rotatable bonds is 4. The van der Waals surface area contributed by atoms with E-state index in [0.717, 1.165) is 5.56 Å². The molecule has 19 heavy (non-hydrogen) atoms. The van der Waals surface area contributed by atoms with Gasteiger partial charge >= 0.3 is 6.09 Å². The predicted octanol–water partition coefficient (Wildman–Crippen LogP) is 2.58. The van der Waals surface area contributed by atoms with Crippen LogP contribution in [0.15, 0.2) is 30.3 Å². The molecule has 1 rings (SSSR count). The number of carbonyl (C=O) groups is 2. The van der Waals surface area contributed by atoms with Crippen molar-refractivity contribution in [1.29, 1.82) is 0 Å². The van der Waals surface area contributed by atoms with Gasteiger partial charge < -0.3 is 10.1 Å². The van der Waals surface area contributed by atoms with Gasteiger partial charge in [-0.3, -0.25) is 4.79 Å². The van der Waals surface area contributed by atoms with Gasteiger partial charge in [-0.25, -0.2) is 4.79 Å². The third kappa shape index (κ3) is 6.29. The minimum atomic E-state index is -0.694. The minimum Gasteiger partial charge on any atom is -0.444 e. The first-order valence-electron chi connectivity index (χ1n) is 6.04.